The number of nitrogens with one attached hydrogen (secondary N) is 3. The molecule has 9 nitrogen and oxygen atoms in total. The Hall–Kier alpha value is -2.94. The molecule has 3 atom stereocenters. The first kappa shape index (κ1) is 21.4. The smallest absolute Gasteiger partial charge is 0.326 e. The minimum Gasteiger partial charge on any atom is -0.481 e. The first-order valence-corrected chi connectivity index (χ1v) is 9.19. The molecule has 2 amide bonds. The molecule has 0 aliphatic carbocycles. The average molecular weight is 391 g/mol. The van der Waals surface area contributed by atoms with Crippen LogP contribution in [0.2, 0.25) is 0 Å². The van der Waals surface area contributed by atoms with Crippen molar-refractivity contribution in [3.63, 3.8) is 0 Å². The summed E-state index contributed by atoms with van der Waals surface area (Å²) in [5, 5.41) is 26.3. The van der Waals surface area contributed by atoms with Gasteiger partial charge in [0.05, 0.1) is 6.04 Å². The molecule has 1 aliphatic rings. The van der Waals surface area contributed by atoms with Crippen molar-refractivity contribution in [3.05, 3.63) is 35.9 Å². The maximum atomic E-state index is 12.6. The SMILES string of the molecule is O=C(O)CCC(NC(=O)C1CCCN1)C(=O)NC(Cc1ccccc1)C(=O)O. The number of carboxylic acid groups (broad SMARTS) is 2. The van der Waals surface area contributed by atoms with Crippen LogP contribution in [0.25, 0.3) is 0 Å². The van der Waals surface area contributed by atoms with Gasteiger partial charge in [-0.1, -0.05) is 30.3 Å². The van der Waals surface area contributed by atoms with Crippen LogP contribution in [0, 0.1) is 0 Å². The van der Waals surface area contributed by atoms with Gasteiger partial charge in [-0.2, -0.15) is 0 Å². The second-order valence-corrected chi connectivity index (χ2v) is 6.73. The molecule has 3 unspecified atom stereocenters. The van der Waals surface area contributed by atoms with Crippen LogP contribution in [0.15, 0.2) is 30.3 Å². The third-order valence-corrected chi connectivity index (χ3v) is 4.55. The maximum Gasteiger partial charge on any atom is 0.326 e. The van der Waals surface area contributed by atoms with Gasteiger partial charge in [0.25, 0.3) is 0 Å². The number of aliphatic carboxylic acids is 2. The van der Waals surface area contributed by atoms with Crippen LogP contribution in [0.5, 0.6) is 0 Å². The standard InChI is InChI=1S/C19H25N3O6/c23-16(24)9-8-14(21-17(25)13-7-4-10-20-13)18(26)22-15(19(27)28)11-12-5-2-1-3-6-12/h1-3,5-6,13-15,20H,4,7-11H2,(H,21,25)(H,22,26)(H,23,24)(H,27,28). The summed E-state index contributed by atoms with van der Waals surface area (Å²) in [7, 11) is 0. The van der Waals surface area contributed by atoms with E-state index in [9.17, 15) is 24.3 Å². The number of carboxylic acids is 2. The number of carbonyl (C=O) groups is 4. The zero-order valence-corrected chi connectivity index (χ0v) is 15.4. The van der Waals surface area contributed by atoms with Crippen LogP contribution in [-0.2, 0) is 25.6 Å². The summed E-state index contributed by atoms with van der Waals surface area (Å²) >= 11 is 0. The summed E-state index contributed by atoms with van der Waals surface area (Å²) in [6.45, 7) is 0.697. The van der Waals surface area contributed by atoms with Crippen molar-refractivity contribution in [2.75, 3.05) is 6.54 Å². The number of rotatable bonds is 10. The lowest BCUT2D eigenvalue weighted by Gasteiger charge is -2.22. The van der Waals surface area contributed by atoms with Gasteiger partial charge in [-0.05, 0) is 31.4 Å². The Morgan fingerprint density at radius 1 is 1.07 bits per heavy atom. The highest BCUT2D eigenvalue weighted by Crippen LogP contribution is 2.08. The Bertz CT molecular complexity index is 703. The van der Waals surface area contributed by atoms with Gasteiger partial charge < -0.3 is 26.2 Å². The fourth-order valence-corrected chi connectivity index (χ4v) is 3.04. The van der Waals surface area contributed by atoms with Gasteiger partial charge >= 0.3 is 11.9 Å². The van der Waals surface area contributed by atoms with Crippen molar-refractivity contribution in [1.29, 1.82) is 0 Å². The summed E-state index contributed by atoms with van der Waals surface area (Å²) in [6.07, 6.45) is 1.09. The van der Waals surface area contributed by atoms with Crippen LogP contribution < -0.4 is 16.0 Å². The minimum atomic E-state index is -1.21. The average Bonchev–Trinajstić information content (AvgIpc) is 3.19. The lowest BCUT2D eigenvalue weighted by Crippen LogP contribution is -2.54. The van der Waals surface area contributed by atoms with Crippen molar-refractivity contribution >= 4 is 23.8 Å². The van der Waals surface area contributed by atoms with Gasteiger partial charge in [0.1, 0.15) is 12.1 Å². The van der Waals surface area contributed by atoms with Gasteiger partial charge in [-0.15, -0.1) is 0 Å². The highest BCUT2D eigenvalue weighted by atomic mass is 16.4. The second-order valence-electron chi connectivity index (χ2n) is 6.73. The van der Waals surface area contributed by atoms with Crippen LogP contribution in [0.1, 0.15) is 31.2 Å². The topological polar surface area (TPSA) is 145 Å². The van der Waals surface area contributed by atoms with Crippen LogP contribution in [0.4, 0.5) is 0 Å². The molecule has 0 aromatic heterocycles. The quantitative estimate of drug-likeness (QED) is 0.374. The summed E-state index contributed by atoms with van der Waals surface area (Å²) in [4.78, 5) is 47.3. The van der Waals surface area contributed by atoms with E-state index in [1.165, 1.54) is 0 Å². The van der Waals surface area contributed by atoms with Gasteiger partial charge in [-0.25, -0.2) is 4.79 Å². The highest BCUT2D eigenvalue weighted by molar-refractivity contribution is 5.92. The Morgan fingerprint density at radius 3 is 2.36 bits per heavy atom. The molecule has 0 spiro atoms. The van der Waals surface area contributed by atoms with E-state index in [0.717, 1.165) is 12.0 Å². The summed E-state index contributed by atoms with van der Waals surface area (Å²) in [5.41, 5.74) is 0.733. The van der Waals surface area contributed by atoms with Crippen molar-refractivity contribution in [3.8, 4) is 0 Å². The third-order valence-electron chi connectivity index (χ3n) is 4.55. The van der Waals surface area contributed by atoms with E-state index in [4.69, 9.17) is 5.11 Å². The van der Waals surface area contributed by atoms with Crippen LogP contribution in [-0.4, -0.2) is 58.6 Å². The zero-order valence-electron chi connectivity index (χ0n) is 15.4. The molecule has 0 radical (unpaired) electrons. The van der Waals surface area contributed by atoms with E-state index < -0.39 is 41.9 Å². The van der Waals surface area contributed by atoms with E-state index in [1.807, 2.05) is 0 Å². The molecule has 1 aromatic rings. The van der Waals surface area contributed by atoms with Crippen molar-refractivity contribution < 1.29 is 29.4 Å². The molecule has 1 heterocycles. The number of benzene rings is 1. The Labute approximate surface area is 162 Å². The van der Waals surface area contributed by atoms with Crippen LogP contribution in [0.3, 0.4) is 0 Å². The van der Waals surface area contributed by atoms with E-state index in [1.54, 1.807) is 30.3 Å². The molecule has 28 heavy (non-hydrogen) atoms. The Morgan fingerprint density at radius 2 is 1.79 bits per heavy atom. The first-order chi connectivity index (χ1) is 13.4. The molecule has 0 saturated carbocycles. The maximum absolute atomic E-state index is 12.6. The lowest BCUT2D eigenvalue weighted by molar-refractivity contribution is -0.143. The number of carbonyl (C=O) groups excluding carboxylic acids is 2. The molecule has 2 rings (SSSR count). The Balaban J connectivity index is 2.04. The largest absolute Gasteiger partial charge is 0.481 e. The minimum absolute atomic E-state index is 0.0751. The van der Waals surface area contributed by atoms with Gasteiger partial charge in [-0.3, -0.25) is 14.4 Å². The number of amides is 2. The monoisotopic (exact) mass is 391 g/mol. The van der Waals surface area contributed by atoms with E-state index in [0.29, 0.717) is 13.0 Å². The summed E-state index contributed by atoms with van der Waals surface area (Å²) in [6, 6.07) is 6.08. The summed E-state index contributed by atoms with van der Waals surface area (Å²) < 4.78 is 0. The second kappa shape index (κ2) is 10.4. The van der Waals surface area contributed by atoms with Crippen molar-refractivity contribution in [1.82, 2.24) is 16.0 Å². The normalized spacial score (nSPS) is 18.1. The lowest BCUT2D eigenvalue weighted by atomic mass is 10.0. The predicted octanol–water partition coefficient (Wildman–Crippen LogP) is -0.0999. The van der Waals surface area contributed by atoms with Gasteiger partial charge in [0, 0.05) is 12.8 Å². The zero-order chi connectivity index (χ0) is 20.5. The molecule has 1 aliphatic heterocycles. The number of hydrogen-bond donors (Lipinski definition) is 5. The fourth-order valence-electron chi connectivity index (χ4n) is 3.04. The van der Waals surface area contributed by atoms with Crippen molar-refractivity contribution in [2.24, 2.45) is 0 Å². The van der Waals surface area contributed by atoms with Crippen LogP contribution >= 0.6 is 0 Å². The van der Waals surface area contributed by atoms with Crippen molar-refractivity contribution in [2.45, 2.75) is 50.2 Å². The molecular formula is C19H25N3O6. The molecule has 9 heteroatoms. The first-order valence-electron chi connectivity index (χ1n) is 9.19. The molecular weight excluding hydrogens is 366 g/mol. The van der Waals surface area contributed by atoms with Gasteiger partial charge in [0.15, 0.2) is 0 Å². The molecule has 1 fully saturated rings. The molecule has 1 saturated heterocycles. The fraction of sp³-hybridized carbons (Fsp3) is 0.474. The number of hydrogen-bond acceptors (Lipinski definition) is 5. The third kappa shape index (κ3) is 6.66. The Kier molecular flexibility index (Phi) is 7.94. The van der Waals surface area contributed by atoms with E-state index in [-0.39, 0.29) is 19.3 Å². The summed E-state index contributed by atoms with van der Waals surface area (Å²) in [5.74, 6) is -3.42. The van der Waals surface area contributed by atoms with E-state index in [2.05, 4.69) is 16.0 Å². The molecule has 0 bridgehead atoms. The predicted molar refractivity (Wildman–Crippen MR) is 99.5 cm³/mol. The van der Waals surface area contributed by atoms with E-state index >= 15 is 0 Å². The molecule has 152 valence electrons. The molecule has 5 N–H and O–H groups in total. The molecule has 1 aromatic carbocycles. The highest BCUT2D eigenvalue weighted by Gasteiger charge is 2.30. The van der Waals surface area contributed by atoms with Gasteiger partial charge in [0.2, 0.25) is 11.8 Å².